The number of piperazine rings is 1. The molecule has 2 aromatic rings. The standard InChI is InChI=1S/C21H23ClN4O5S/c1-16(21(27)23-20-15-18(26(28)29)7-8-19(20)22)24-10-12-25(13-11-24)32(30,31)14-9-17-5-3-2-4-6-17/h2-9,14-16H,10-13H2,1H3,(H,23,27). The number of nitrogens with one attached hydrogen (secondary N) is 1. The van der Waals surface area contributed by atoms with Crippen LogP contribution < -0.4 is 5.32 Å². The smallest absolute Gasteiger partial charge is 0.271 e. The Balaban J connectivity index is 1.58. The van der Waals surface area contributed by atoms with Crippen molar-refractivity contribution in [3.63, 3.8) is 0 Å². The van der Waals surface area contributed by atoms with Gasteiger partial charge in [-0.3, -0.25) is 19.8 Å². The fourth-order valence-corrected chi connectivity index (χ4v) is 4.62. The molecule has 2 aromatic carbocycles. The molecule has 0 aromatic heterocycles. The number of benzene rings is 2. The predicted octanol–water partition coefficient (Wildman–Crippen LogP) is 3.19. The van der Waals surface area contributed by atoms with Crippen LogP contribution in [0.4, 0.5) is 11.4 Å². The van der Waals surface area contributed by atoms with Crippen LogP contribution in [0.25, 0.3) is 6.08 Å². The van der Waals surface area contributed by atoms with Crippen molar-refractivity contribution in [2.24, 2.45) is 0 Å². The molecule has 11 heteroatoms. The lowest BCUT2D eigenvalue weighted by atomic mass is 10.2. The molecule has 32 heavy (non-hydrogen) atoms. The van der Waals surface area contributed by atoms with Crippen LogP contribution >= 0.6 is 11.6 Å². The lowest BCUT2D eigenvalue weighted by Crippen LogP contribution is -2.53. The van der Waals surface area contributed by atoms with Gasteiger partial charge < -0.3 is 5.32 Å². The molecule has 0 radical (unpaired) electrons. The largest absolute Gasteiger partial charge is 0.323 e. The Morgan fingerprint density at radius 2 is 1.81 bits per heavy atom. The van der Waals surface area contributed by atoms with Gasteiger partial charge in [-0.05, 0) is 24.6 Å². The third kappa shape index (κ3) is 5.92. The quantitative estimate of drug-likeness (QED) is 0.483. The molecule has 1 amide bonds. The maximum atomic E-state index is 12.7. The molecule has 1 heterocycles. The number of hydrogen-bond donors (Lipinski definition) is 1. The van der Waals surface area contributed by atoms with Crippen LogP contribution in [0.1, 0.15) is 12.5 Å². The predicted molar refractivity (Wildman–Crippen MR) is 124 cm³/mol. The first-order valence-corrected chi connectivity index (χ1v) is 11.8. The Bertz CT molecular complexity index is 1120. The van der Waals surface area contributed by atoms with Crippen LogP contribution in [0.5, 0.6) is 0 Å². The van der Waals surface area contributed by atoms with E-state index >= 15 is 0 Å². The summed E-state index contributed by atoms with van der Waals surface area (Å²) >= 11 is 6.05. The Morgan fingerprint density at radius 1 is 1.16 bits per heavy atom. The molecule has 0 aliphatic carbocycles. The fourth-order valence-electron chi connectivity index (χ4n) is 3.29. The molecule has 1 aliphatic rings. The van der Waals surface area contributed by atoms with E-state index in [9.17, 15) is 23.3 Å². The molecule has 1 aliphatic heterocycles. The molecule has 3 rings (SSSR count). The van der Waals surface area contributed by atoms with Gasteiger partial charge in [0.25, 0.3) is 5.69 Å². The highest BCUT2D eigenvalue weighted by Crippen LogP contribution is 2.27. The van der Waals surface area contributed by atoms with Crippen molar-refractivity contribution in [1.82, 2.24) is 9.21 Å². The summed E-state index contributed by atoms with van der Waals surface area (Å²) in [4.78, 5) is 24.9. The number of sulfonamides is 1. The van der Waals surface area contributed by atoms with Crippen molar-refractivity contribution in [3.8, 4) is 0 Å². The second-order valence-electron chi connectivity index (χ2n) is 7.28. The average molecular weight is 479 g/mol. The van der Waals surface area contributed by atoms with Crippen LogP contribution in [-0.4, -0.2) is 60.7 Å². The Labute approximate surface area is 191 Å². The number of carbonyl (C=O) groups excluding carboxylic acids is 1. The zero-order chi connectivity index (χ0) is 23.3. The van der Waals surface area contributed by atoms with E-state index in [-0.39, 0.29) is 35.4 Å². The summed E-state index contributed by atoms with van der Waals surface area (Å²) in [6.07, 6.45) is 1.56. The van der Waals surface area contributed by atoms with E-state index in [0.29, 0.717) is 13.1 Å². The zero-order valence-corrected chi connectivity index (χ0v) is 18.9. The highest BCUT2D eigenvalue weighted by molar-refractivity contribution is 7.92. The van der Waals surface area contributed by atoms with Gasteiger partial charge in [-0.2, -0.15) is 4.31 Å². The fraction of sp³-hybridized carbons (Fsp3) is 0.286. The Hall–Kier alpha value is -2.79. The summed E-state index contributed by atoms with van der Waals surface area (Å²) in [6.45, 7) is 2.93. The van der Waals surface area contributed by atoms with Crippen molar-refractivity contribution >= 4 is 45.0 Å². The van der Waals surface area contributed by atoms with Crippen molar-refractivity contribution in [1.29, 1.82) is 0 Å². The molecule has 170 valence electrons. The highest BCUT2D eigenvalue weighted by atomic mass is 35.5. The summed E-state index contributed by atoms with van der Waals surface area (Å²) < 4.78 is 26.6. The Morgan fingerprint density at radius 3 is 2.44 bits per heavy atom. The Kier molecular flexibility index (Phi) is 7.62. The second-order valence-corrected chi connectivity index (χ2v) is 9.51. The van der Waals surface area contributed by atoms with Gasteiger partial charge in [0.1, 0.15) is 0 Å². The van der Waals surface area contributed by atoms with E-state index in [4.69, 9.17) is 11.6 Å². The minimum atomic E-state index is -3.57. The van der Waals surface area contributed by atoms with E-state index in [2.05, 4.69) is 5.32 Å². The second kappa shape index (κ2) is 10.2. The molecular formula is C21H23ClN4O5S. The zero-order valence-electron chi connectivity index (χ0n) is 17.3. The van der Waals surface area contributed by atoms with Gasteiger partial charge in [0.2, 0.25) is 15.9 Å². The van der Waals surface area contributed by atoms with Gasteiger partial charge in [-0.15, -0.1) is 0 Å². The van der Waals surface area contributed by atoms with Gasteiger partial charge >= 0.3 is 0 Å². The molecule has 0 spiro atoms. The first-order chi connectivity index (χ1) is 15.2. The number of nitro benzene ring substituents is 1. The maximum absolute atomic E-state index is 12.7. The summed E-state index contributed by atoms with van der Waals surface area (Å²) in [5, 5.41) is 15.0. The minimum absolute atomic E-state index is 0.157. The van der Waals surface area contributed by atoms with Crippen LogP contribution in [-0.2, 0) is 14.8 Å². The number of non-ortho nitro benzene ring substituents is 1. The van der Waals surface area contributed by atoms with Crippen LogP contribution in [0.2, 0.25) is 5.02 Å². The van der Waals surface area contributed by atoms with Crippen molar-refractivity contribution in [2.45, 2.75) is 13.0 Å². The first-order valence-electron chi connectivity index (χ1n) is 9.89. The highest BCUT2D eigenvalue weighted by Gasteiger charge is 2.30. The van der Waals surface area contributed by atoms with Crippen molar-refractivity contribution in [3.05, 3.63) is 74.6 Å². The van der Waals surface area contributed by atoms with E-state index in [0.717, 1.165) is 5.56 Å². The van der Waals surface area contributed by atoms with E-state index in [1.807, 2.05) is 35.2 Å². The lowest BCUT2D eigenvalue weighted by Gasteiger charge is -2.36. The summed E-state index contributed by atoms with van der Waals surface area (Å²) in [5.41, 5.74) is 0.768. The van der Waals surface area contributed by atoms with E-state index in [1.165, 1.54) is 27.9 Å². The topological polar surface area (TPSA) is 113 Å². The molecule has 1 saturated heterocycles. The van der Waals surface area contributed by atoms with Gasteiger partial charge in [0.15, 0.2) is 0 Å². The van der Waals surface area contributed by atoms with Crippen molar-refractivity contribution < 1.29 is 18.1 Å². The van der Waals surface area contributed by atoms with Gasteiger partial charge in [-0.1, -0.05) is 41.9 Å². The molecule has 0 bridgehead atoms. The van der Waals surface area contributed by atoms with Gasteiger partial charge in [-0.25, -0.2) is 8.42 Å². The number of nitrogens with zero attached hydrogens (tertiary/aromatic N) is 3. The van der Waals surface area contributed by atoms with Gasteiger partial charge in [0, 0.05) is 43.7 Å². The maximum Gasteiger partial charge on any atom is 0.271 e. The number of anilines is 1. The SMILES string of the molecule is CC(C(=O)Nc1cc([N+](=O)[O-])ccc1Cl)N1CCN(S(=O)(=O)C=Cc2ccccc2)CC1. The molecule has 1 atom stereocenters. The number of carbonyl (C=O) groups is 1. The third-order valence-corrected chi connectivity index (χ3v) is 7.11. The van der Waals surface area contributed by atoms with Crippen molar-refractivity contribution in [2.75, 3.05) is 31.5 Å². The molecule has 1 N–H and O–H groups in total. The average Bonchev–Trinajstić information content (AvgIpc) is 2.79. The molecule has 1 fully saturated rings. The van der Waals surface area contributed by atoms with Crippen LogP contribution in [0.3, 0.4) is 0 Å². The van der Waals surface area contributed by atoms with Crippen LogP contribution in [0.15, 0.2) is 53.9 Å². The number of hydrogen-bond acceptors (Lipinski definition) is 6. The number of halogens is 1. The normalized spacial score (nSPS) is 16.7. The number of rotatable bonds is 7. The molecule has 9 nitrogen and oxygen atoms in total. The van der Waals surface area contributed by atoms with Crippen LogP contribution in [0, 0.1) is 10.1 Å². The molecule has 0 saturated carbocycles. The molecular weight excluding hydrogens is 456 g/mol. The monoisotopic (exact) mass is 478 g/mol. The number of amides is 1. The summed E-state index contributed by atoms with van der Waals surface area (Å²) in [5.74, 6) is -0.382. The number of nitro groups is 1. The molecule has 1 unspecified atom stereocenters. The van der Waals surface area contributed by atoms with Gasteiger partial charge in [0.05, 0.1) is 21.7 Å². The minimum Gasteiger partial charge on any atom is -0.323 e. The third-order valence-electron chi connectivity index (χ3n) is 5.21. The summed E-state index contributed by atoms with van der Waals surface area (Å²) in [6, 6.07) is 12.4. The van der Waals surface area contributed by atoms with E-state index < -0.39 is 21.0 Å². The summed E-state index contributed by atoms with van der Waals surface area (Å²) in [7, 11) is -3.57. The lowest BCUT2D eigenvalue weighted by molar-refractivity contribution is -0.384. The first kappa shape index (κ1) is 23.9. The van der Waals surface area contributed by atoms with E-state index in [1.54, 1.807) is 13.0 Å².